The number of aromatic amines is 1. The Bertz CT molecular complexity index is 570. The van der Waals surface area contributed by atoms with Crippen LogP contribution in [0.1, 0.15) is 16.1 Å². The highest BCUT2D eigenvalue weighted by molar-refractivity contribution is 5.97. The van der Waals surface area contributed by atoms with E-state index >= 15 is 0 Å². The van der Waals surface area contributed by atoms with Gasteiger partial charge in [-0.3, -0.25) is 9.59 Å². The molecule has 0 atom stereocenters. The molecule has 2 rings (SSSR count). The van der Waals surface area contributed by atoms with Crippen molar-refractivity contribution in [2.24, 2.45) is 0 Å². The van der Waals surface area contributed by atoms with Crippen LogP contribution in [0.3, 0.4) is 0 Å². The number of Topliss-reactive ketones (excluding diaryl/α,β-unsaturated/α-hetero) is 1. The first-order valence-electron chi connectivity index (χ1n) is 4.98. The van der Waals surface area contributed by atoms with Crippen LogP contribution in [-0.4, -0.2) is 16.0 Å². The van der Waals surface area contributed by atoms with Crippen molar-refractivity contribution in [1.82, 2.24) is 10.2 Å². The number of hydrogen-bond donors (Lipinski definition) is 1. The summed E-state index contributed by atoms with van der Waals surface area (Å²) in [5.74, 6) is -0.562. The number of carbonyl (C=O) groups excluding carboxylic acids is 1. The van der Waals surface area contributed by atoms with Crippen LogP contribution in [-0.2, 0) is 6.42 Å². The zero-order chi connectivity index (χ0) is 12.3. The molecule has 1 N–H and O–H groups in total. The molecule has 2 aromatic rings. The molecule has 1 heterocycles. The molecule has 0 amide bonds. The molecule has 4 nitrogen and oxygen atoms in total. The summed E-state index contributed by atoms with van der Waals surface area (Å²) in [6, 6.07) is 8.09. The molecule has 0 saturated carbocycles. The van der Waals surface area contributed by atoms with Gasteiger partial charge in [0.15, 0.2) is 5.78 Å². The minimum Gasteiger partial charge on any atom is -0.294 e. The number of hydrogen-bond acceptors (Lipinski definition) is 3. The predicted octanol–water partition coefficient (Wildman–Crippen LogP) is 1.33. The largest absolute Gasteiger partial charge is 0.294 e. The lowest BCUT2D eigenvalue weighted by atomic mass is 10.1. The van der Waals surface area contributed by atoms with E-state index < -0.39 is 0 Å². The number of benzene rings is 1. The molecule has 0 radical (unpaired) electrons. The summed E-state index contributed by atoms with van der Waals surface area (Å²) in [5.41, 5.74) is 0.571. The molecule has 1 aromatic carbocycles. The zero-order valence-electron chi connectivity index (χ0n) is 8.81. The van der Waals surface area contributed by atoms with E-state index in [1.54, 1.807) is 0 Å². The van der Waals surface area contributed by atoms with Crippen LogP contribution < -0.4 is 5.56 Å². The predicted molar refractivity (Wildman–Crippen MR) is 59.3 cm³/mol. The number of H-pyrrole nitrogens is 1. The van der Waals surface area contributed by atoms with E-state index in [1.165, 1.54) is 36.4 Å². The van der Waals surface area contributed by atoms with E-state index in [1.807, 2.05) is 0 Å². The fourth-order valence-electron chi connectivity index (χ4n) is 1.37. The summed E-state index contributed by atoms with van der Waals surface area (Å²) in [4.78, 5) is 22.5. The summed E-state index contributed by atoms with van der Waals surface area (Å²) in [6.07, 6.45) is 0.0718. The lowest BCUT2D eigenvalue weighted by Crippen LogP contribution is -2.11. The van der Waals surface area contributed by atoms with Gasteiger partial charge in [0.05, 0.1) is 12.1 Å². The molecular weight excluding hydrogens is 223 g/mol. The molecule has 1 aromatic heterocycles. The van der Waals surface area contributed by atoms with Crippen LogP contribution in [0.4, 0.5) is 4.39 Å². The standard InChI is InChI=1S/C12H9FN2O2/c13-9-3-1-8(2-4-9)11(16)7-10-5-6-12(17)15-14-10/h1-6H,7H2,(H,15,17). The average Bonchev–Trinajstić information content (AvgIpc) is 2.33. The monoisotopic (exact) mass is 232 g/mol. The summed E-state index contributed by atoms with van der Waals surface area (Å²) < 4.78 is 12.7. The van der Waals surface area contributed by atoms with Crippen LogP contribution in [0.15, 0.2) is 41.2 Å². The van der Waals surface area contributed by atoms with Crippen molar-refractivity contribution in [2.75, 3.05) is 0 Å². The fraction of sp³-hybridized carbons (Fsp3) is 0.0833. The van der Waals surface area contributed by atoms with Crippen LogP contribution in [0.5, 0.6) is 0 Å². The van der Waals surface area contributed by atoms with Gasteiger partial charge in [0.1, 0.15) is 5.82 Å². The summed E-state index contributed by atoms with van der Waals surface area (Å²) >= 11 is 0. The Balaban J connectivity index is 2.14. The summed E-state index contributed by atoms with van der Waals surface area (Å²) in [7, 11) is 0. The van der Waals surface area contributed by atoms with Crippen molar-refractivity contribution in [3.63, 3.8) is 0 Å². The molecule has 17 heavy (non-hydrogen) atoms. The third kappa shape index (κ3) is 2.84. The van der Waals surface area contributed by atoms with Gasteiger partial charge in [-0.25, -0.2) is 9.49 Å². The second kappa shape index (κ2) is 4.69. The Labute approximate surface area is 96.1 Å². The van der Waals surface area contributed by atoms with Crippen molar-refractivity contribution in [1.29, 1.82) is 0 Å². The van der Waals surface area contributed by atoms with E-state index in [0.717, 1.165) is 0 Å². The minimum atomic E-state index is -0.385. The SMILES string of the molecule is O=C(Cc1ccc(=O)[nH]n1)c1ccc(F)cc1. The summed E-state index contributed by atoms with van der Waals surface area (Å²) in [5, 5.41) is 5.98. The maximum Gasteiger partial charge on any atom is 0.264 e. The van der Waals surface area contributed by atoms with E-state index in [0.29, 0.717) is 11.3 Å². The van der Waals surface area contributed by atoms with Crippen molar-refractivity contribution in [2.45, 2.75) is 6.42 Å². The van der Waals surface area contributed by atoms with Gasteiger partial charge in [0, 0.05) is 11.6 Å². The normalized spacial score (nSPS) is 10.2. The van der Waals surface area contributed by atoms with E-state index in [-0.39, 0.29) is 23.6 Å². The van der Waals surface area contributed by atoms with E-state index in [4.69, 9.17) is 0 Å². The maximum atomic E-state index is 12.7. The van der Waals surface area contributed by atoms with Crippen LogP contribution in [0.2, 0.25) is 0 Å². The van der Waals surface area contributed by atoms with Gasteiger partial charge in [0.2, 0.25) is 0 Å². The number of halogens is 1. The molecule has 0 spiro atoms. The number of carbonyl (C=O) groups is 1. The molecule has 0 aliphatic rings. The molecule has 0 aliphatic heterocycles. The minimum absolute atomic E-state index is 0.0718. The van der Waals surface area contributed by atoms with Gasteiger partial charge in [0.25, 0.3) is 5.56 Å². The van der Waals surface area contributed by atoms with E-state index in [9.17, 15) is 14.0 Å². The van der Waals surface area contributed by atoms with Crippen molar-refractivity contribution in [3.05, 3.63) is 63.8 Å². The number of aromatic nitrogens is 2. The molecular formula is C12H9FN2O2. The average molecular weight is 232 g/mol. The Hall–Kier alpha value is -2.30. The van der Waals surface area contributed by atoms with Gasteiger partial charge >= 0.3 is 0 Å². The fourth-order valence-corrected chi connectivity index (χ4v) is 1.37. The van der Waals surface area contributed by atoms with Gasteiger partial charge in [-0.15, -0.1) is 0 Å². The van der Waals surface area contributed by atoms with Gasteiger partial charge in [-0.2, -0.15) is 5.10 Å². The van der Waals surface area contributed by atoms with Crippen molar-refractivity contribution >= 4 is 5.78 Å². The van der Waals surface area contributed by atoms with Gasteiger partial charge < -0.3 is 0 Å². The van der Waals surface area contributed by atoms with Crippen LogP contribution in [0, 0.1) is 5.82 Å². The summed E-state index contributed by atoms with van der Waals surface area (Å²) in [6.45, 7) is 0. The molecule has 0 unspecified atom stereocenters. The van der Waals surface area contributed by atoms with Crippen LogP contribution in [0.25, 0.3) is 0 Å². The second-order valence-electron chi connectivity index (χ2n) is 3.52. The molecule has 0 fully saturated rings. The highest BCUT2D eigenvalue weighted by atomic mass is 19.1. The van der Waals surface area contributed by atoms with Crippen molar-refractivity contribution in [3.8, 4) is 0 Å². The number of nitrogens with zero attached hydrogens (tertiary/aromatic N) is 1. The first-order valence-corrected chi connectivity index (χ1v) is 4.98. The van der Waals surface area contributed by atoms with Crippen molar-refractivity contribution < 1.29 is 9.18 Å². The number of rotatable bonds is 3. The Morgan fingerprint density at radius 1 is 1.18 bits per heavy atom. The Morgan fingerprint density at radius 2 is 1.88 bits per heavy atom. The molecule has 86 valence electrons. The Morgan fingerprint density at radius 3 is 2.47 bits per heavy atom. The van der Waals surface area contributed by atoms with Gasteiger partial charge in [-0.05, 0) is 30.3 Å². The first-order chi connectivity index (χ1) is 8.15. The number of ketones is 1. The highest BCUT2D eigenvalue weighted by Gasteiger charge is 2.08. The van der Waals surface area contributed by atoms with Gasteiger partial charge in [-0.1, -0.05) is 0 Å². The third-order valence-corrected chi connectivity index (χ3v) is 2.24. The molecule has 0 bridgehead atoms. The quantitative estimate of drug-likeness (QED) is 0.812. The highest BCUT2D eigenvalue weighted by Crippen LogP contribution is 2.06. The molecule has 0 saturated heterocycles. The zero-order valence-corrected chi connectivity index (χ0v) is 8.81. The second-order valence-corrected chi connectivity index (χ2v) is 3.52. The lowest BCUT2D eigenvalue weighted by Gasteiger charge is -2.00. The first kappa shape index (κ1) is 11.2. The molecule has 5 heteroatoms. The topological polar surface area (TPSA) is 62.8 Å². The smallest absolute Gasteiger partial charge is 0.264 e. The maximum absolute atomic E-state index is 12.7. The molecule has 0 aliphatic carbocycles. The Kier molecular flexibility index (Phi) is 3.09. The third-order valence-electron chi connectivity index (χ3n) is 2.24. The number of nitrogens with one attached hydrogen (secondary N) is 1. The lowest BCUT2D eigenvalue weighted by molar-refractivity contribution is 0.0991. The van der Waals surface area contributed by atoms with Crippen LogP contribution >= 0.6 is 0 Å². The van der Waals surface area contributed by atoms with E-state index in [2.05, 4.69) is 10.2 Å².